The van der Waals surface area contributed by atoms with E-state index in [1.54, 1.807) is 43.3 Å². The molecule has 1 aliphatic heterocycles. The van der Waals surface area contributed by atoms with Crippen molar-refractivity contribution in [1.29, 1.82) is 0 Å². The minimum absolute atomic E-state index is 0.00302. The van der Waals surface area contributed by atoms with Gasteiger partial charge in [-0.25, -0.2) is 16.8 Å². The van der Waals surface area contributed by atoms with Gasteiger partial charge >= 0.3 is 0 Å². The van der Waals surface area contributed by atoms with Gasteiger partial charge in [-0.05, 0) is 36.8 Å². The smallest absolute Gasteiger partial charge is 0.255 e. The molecule has 0 bridgehead atoms. The van der Waals surface area contributed by atoms with Crippen molar-refractivity contribution in [3.63, 3.8) is 0 Å². The molecular formula is C21H26N2O7S2. The van der Waals surface area contributed by atoms with Crippen LogP contribution in [0.2, 0.25) is 0 Å². The third-order valence-corrected chi connectivity index (χ3v) is 7.80. The highest BCUT2D eigenvalue weighted by atomic mass is 32.2. The number of sulfone groups is 1. The molecule has 0 saturated carbocycles. The van der Waals surface area contributed by atoms with Crippen molar-refractivity contribution < 1.29 is 31.1 Å². The molecule has 174 valence electrons. The van der Waals surface area contributed by atoms with Gasteiger partial charge in [0.15, 0.2) is 9.84 Å². The number of morpholine rings is 1. The highest BCUT2D eigenvalue weighted by Gasteiger charge is 2.28. The van der Waals surface area contributed by atoms with Crippen LogP contribution in [0, 0.1) is 6.92 Å². The molecule has 9 nitrogen and oxygen atoms in total. The van der Waals surface area contributed by atoms with E-state index in [0.717, 1.165) is 6.26 Å². The maximum Gasteiger partial charge on any atom is 0.255 e. The van der Waals surface area contributed by atoms with Crippen LogP contribution in [0.4, 0.5) is 5.69 Å². The molecule has 1 heterocycles. The number of aryl methyl sites for hydroxylation is 1. The Bertz CT molecular complexity index is 1190. The first-order valence-corrected chi connectivity index (χ1v) is 13.5. The summed E-state index contributed by atoms with van der Waals surface area (Å²) < 4.78 is 60.5. The first-order chi connectivity index (χ1) is 15.1. The van der Waals surface area contributed by atoms with Crippen LogP contribution in [0.25, 0.3) is 0 Å². The molecule has 1 amide bonds. The summed E-state index contributed by atoms with van der Waals surface area (Å²) >= 11 is 0. The summed E-state index contributed by atoms with van der Waals surface area (Å²) in [7, 11) is -6.89. The second-order valence-corrected chi connectivity index (χ2v) is 11.6. The number of anilines is 1. The summed E-state index contributed by atoms with van der Waals surface area (Å²) in [5.41, 5.74) is 1.19. The molecule has 3 rings (SSSR count). The Morgan fingerprint density at radius 1 is 1.09 bits per heavy atom. The number of amides is 1. The molecule has 0 spiro atoms. The fourth-order valence-electron chi connectivity index (χ4n) is 3.12. The average Bonchev–Trinajstić information content (AvgIpc) is 2.74. The Labute approximate surface area is 188 Å². The minimum Gasteiger partial charge on any atom is -0.492 e. The monoisotopic (exact) mass is 482 g/mol. The Morgan fingerprint density at radius 2 is 1.81 bits per heavy atom. The van der Waals surface area contributed by atoms with E-state index in [2.05, 4.69) is 5.32 Å². The Kier molecular flexibility index (Phi) is 7.55. The van der Waals surface area contributed by atoms with Crippen molar-refractivity contribution >= 4 is 31.5 Å². The largest absolute Gasteiger partial charge is 0.492 e. The maximum absolute atomic E-state index is 13.0. The van der Waals surface area contributed by atoms with Crippen LogP contribution in [0.3, 0.4) is 0 Å². The first-order valence-electron chi connectivity index (χ1n) is 9.97. The molecule has 0 unspecified atom stereocenters. The van der Waals surface area contributed by atoms with E-state index < -0.39 is 25.8 Å². The zero-order valence-corrected chi connectivity index (χ0v) is 19.5. The van der Waals surface area contributed by atoms with Gasteiger partial charge in [0, 0.05) is 36.7 Å². The van der Waals surface area contributed by atoms with Gasteiger partial charge < -0.3 is 14.8 Å². The number of benzene rings is 2. The maximum atomic E-state index is 13.0. The van der Waals surface area contributed by atoms with E-state index in [4.69, 9.17) is 9.47 Å². The molecule has 11 heteroatoms. The second kappa shape index (κ2) is 9.99. The molecule has 2 aromatic rings. The topological polar surface area (TPSA) is 119 Å². The van der Waals surface area contributed by atoms with Crippen LogP contribution in [0.15, 0.2) is 47.4 Å². The summed E-state index contributed by atoms with van der Waals surface area (Å²) in [6.45, 7) is 2.89. The second-order valence-electron chi connectivity index (χ2n) is 7.46. The predicted molar refractivity (Wildman–Crippen MR) is 120 cm³/mol. The van der Waals surface area contributed by atoms with Gasteiger partial charge in [-0.2, -0.15) is 4.31 Å². The van der Waals surface area contributed by atoms with E-state index in [0.29, 0.717) is 30.2 Å². The number of hydrogen-bond donors (Lipinski definition) is 1. The zero-order chi connectivity index (χ0) is 23.4. The SMILES string of the molecule is Cc1ccc(C(=O)Nc2cccc(OCCS(C)(=O)=O)c2)cc1S(=O)(=O)N1CCOCC1. The number of carbonyl (C=O) groups excluding carboxylic acids is 1. The summed E-state index contributed by atoms with van der Waals surface area (Å²) in [5, 5.41) is 2.72. The van der Waals surface area contributed by atoms with Crippen LogP contribution >= 0.6 is 0 Å². The number of ether oxygens (including phenoxy) is 2. The lowest BCUT2D eigenvalue weighted by atomic mass is 10.1. The predicted octanol–water partition coefficient (Wildman–Crippen LogP) is 1.69. The fraction of sp³-hybridized carbons (Fsp3) is 0.381. The van der Waals surface area contributed by atoms with Gasteiger partial charge in [-0.1, -0.05) is 12.1 Å². The zero-order valence-electron chi connectivity index (χ0n) is 17.9. The Balaban J connectivity index is 1.75. The lowest BCUT2D eigenvalue weighted by molar-refractivity contribution is 0.0730. The van der Waals surface area contributed by atoms with Crippen LogP contribution < -0.4 is 10.1 Å². The summed E-state index contributed by atoms with van der Waals surface area (Å²) in [4.78, 5) is 12.9. The lowest BCUT2D eigenvalue weighted by Gasteiger charge is -2.26. The van der Waals surface area contributed by atoms with E-state index in [9.17, 15) is 21.6 Å². The molecule has 0 radical (unpaired) electrons. The number of hydrogen-bond acceptors (Lipinski definition) is 7. The summed E-state index contributed by atoms with van der Waals surface area (Å²) in [5.74, 6) is -0.185. The van der Waals surface area contributed by atoms with Crippen molar-refractivity contribution in [3.05, 3.63) is 53.6 Å². The fourth-order valence-corrected chi connectivity index (χ4v) is 5.17. The van der Waals surface area contributed by atoms with Crippen molar-refractivity contribution in [1.82, 2.24) is 4.31 Å². The third-order valence-electron chi connectivity index (χ3n) is 4.85. The molecule has 0 atom stereocenters. The molecule has 0 aliphatic carbocycles. The van der Waals surface area contributed by atoms with Gasteiger partial charge in [-0.3, -0.25) is 4.79 Å². The molecule has 1 saturated heterocycles. The number of sulfonamides is 1. The van der Waals surface area contributed by atoms with E-state index in [-0.39, 0.29) is 35.9 Å². The number of carbonyl (C=O) groups is 1. The molecule has 1 N–H and O–H groups in total. The average molecular weight is 483 g/mol. The van der Waals surface area contributed by atoms with Gasteiger partial charge in [0.25, 0.3) is 5.91 Å². The third kappa shape index (κ3) is 6.28. The molecule has 0 aromatic heterocycles. The Morgan fingerprint density at radius 3 is 2.50 bits per heavy atom. The summed E-state index contributed by atoms with van der Waals surface area (Å²) in [6, 6.07) is 11.1. The Hall–Kier alpha value is -2.47. The number of nitrogens with one attached hydrogen (secondary N) is 1. The quantitative estimate of drug-likeness (QED) is 0.608. The minimum atomic E-state index is -3.75. The molecule has 32 heavy (non-hydrogen) atoms. The molecular weight excluding hydrogens is 456 g/mol. The van der Waals surface area contributed by atoms with Gasteiger partial charge in [0.05, 0.1) is 23.9 Å². The molecule has 1 aliphatic rings. The highest BCUT2D eigenvalue weighted by Crippen LogP contribution is 2.24. The van der Waals surface area contributed by atoms with E-state index in [1.165, 1.54) is 10.4 Å². The van der Waals surface area contributed by atoms with Gasteiger partial charge in [0.2, 0.25) is 10.0 Å². The van der Waals surface area contributed by atoms with Crippen LogP contribution in [-0.4, -0.2) is 72.0 Å². The van der Waals surface area contributed by atoms with Gasteiger partial charge in [-0.15, -0.1) is 0 Å². The molecule has 2 aromatic carbocycles. The summed E-state index contributed by atoms with van der Waals surface area (Å²) in [6.07, 6.45) is 1.13. The molecule has 1 fully saturated rings. The lowest BCUT2D eigenvalue weighted by Crippen LogP contribution is -2.40. The van der Waals surface area contributed by atoms with E-state index >= 15 is 0 Å². The van der Waals surface area contributed by atoms with Crippen molar-refractivity contribution in [2.24, 2.45) is 0 Å². The number of rotatable bonds is 8. The van der Waals surface area contributed by atoms with Crippen LogP contribution in [0.5, 0.6) is 5.75 Å². The van der Waals surface area contributed by atoms with Crippen molar-refractivity contribution in [3.8, 4) is 5.75 Å². The first kappa shape index (κ1) is 24.2. The van der Waals surface area contributed by atoms with Crippen molar-refractivity contribution in [2.45, 2.75) is 11.8 Å². The van der Waals surface area contributed by atoms with Crippen LogP contribution in [0.1, 0.15) is 15.9 Å². The number of nitrogens with zero attached hydrogens (tertiary/aromatic N) is 1. The van der Waals surface area contributed by atoms with Crippen LogP contribution in [-0.2, 0) is 24.6 Å². The highest BCUT2D eigenvalue weighted by molar-refractivity contribution is 7.90. The van der Waals surface area contributed by atoms with Gasteiger partial charge in [0.1, 0.15) is 12.4 Å². The van der Waals surface area contributed by atoms with E-state index in [1.807, 2.05) is 0 Å². The normalized spacial score (nSPS) is 15.3. The standard InChI is InChI=1S/C21H26N2O7S2/c1-16-6-7-17(14-20(16)32(27,28)23-8-10-29-11-9-23)21(24)22-18-4-3-5-19(15-18)30-12-13-31(2,25)26/h3-7,14-15H,8-13H2,1-2H3,(H,22,24). The van der Waals surface area contributed by atoms with Crippen molar-refractivity contribution in [2.75, 3.05) is 50.2 Å².